The SMILES string of the molecule is CC(C)(C)c1cc(-c2cccc(-c3cccc4c3oc3c(N(c5ccccc5)c5ccc6ccc7c(N(c8ccccc8)c8cccc9c8oc8c(-c%10ccccc%10)cccc89)ccc8ccc5c6c87)cccc34)c2)cc2c1oc1c(N(C3=CC=C4C=Cc5c(N(c6ccccc6)c6cccc7c6oc6c(C(C)(C)C)cccc67)ccc6c5C4C3C=C6)c3ccccc3)cccc12. The van der Waals surface area contributed by atoms with Crippen LogP contribution in [0.15, 0.2) is 429 Å². The van der Waals surface area contributed by atoms with Crippen LogP contribution >= 0.6 is 0 Å². The van der Waals surface area contributed by atoms with Crippen molar-refractivity contribution in [2.75, 3.05) is 19.6 Å². The van der Waals surface area contributed by atoms with Crippen molar-refractivity contribution in [3.05, 3.63) is 440 Å². The third-order valence-corrected chi connectivity index (χ3v) is 28.0. The molecule has 26 rings (SSSR count). The third kappa shape index (κ3) is 11.9. The van der Waals surface area contributed by atoms with Crippen LogP contribution in [-0.4, -0.2) is 0 Å². The Bertz CT molecular complexity index is 8820. The normalized spacial score (nSPS) is 14.3. The molecule has 0 amide bonds. The van der Waals surface area contributed by atoms with E-state index in [-0.39, 0.29) is 22.7 Å². The van der Waals surface area contributed by atoms with Gasteiger partial charge in [-0.25, -0.2) is 0 Å². The van der Waals surface area contributed by atoms with Gasteiger partial charge < -0.3 is 37.3 Å². The van der Waals surface area contributed by atoms with Crippen molar-refractivity contribution in [1.29, 1.82) is 0 Å². The summed E-state index contributed by atoms with van der Waals surface area (Å²) in [7, 11) is 0. The Hall–Kier alpha value is -16.4. The van der Waals surface area contributed by atoms with Gasteiger partial charge in [0.2, 0.25) is 0 Å². The maximum atomic E-state index is 7.59. The van der Waals surface area contributed by atoms with Crippen molar-refractivity contribution in [2.24, 2.45) is 5.92 Å². The van der Waals surface area contributed by atoms with E-state index in [1.807, 2.05) is 0 Å². The van der Waals surface area contributed by atoms with E-state index in [1.165, 1.54) is 38.6 Å². The van der Waals surface area contributed by atoms with Crippen LogP contribution < -0.4 is 19.6 Å². The molecule has 23 aromatic rings. The second-order valence-corrected chi connectivity index (χ2v) is 37.6. The molecule has 0 saturated carbocycles. The molecule has 0 fully saturated rings. The largest absolute Gasteiger partial charge is 0.454 e. The molecule has 3 aliphatic carbocycles. The van der Waals surface area contributed by atoms with Crippen LogP contribution in [0.1, 0.15) is 75.3 Å². The molecule has 0 spiro atoms. The lowest BCUT2D eigenvalue weighted by Crippen LogP contribution is -2.31. The molecule has 0 radical (unpaired) electrons. The maximum absolute atomic E-state index is 7.59. The van der Waals surface area contributed by atoms with E-state index in [2.05, 4.69) is 474 Å². The number of fused-ring (bicyclic) bond motifs is 12. The number of furan rings is 4. The molecule has 2 atom stereocenters. The fourth-order valence-corrected chi connectivity index (χ4v) is 22.0. The molecule has 628 valence electrons. The van der Waals surface area contributed by atoms with Gasteiger partial charge in [0.15, 0.2) is 22.3 Å². The predicted octanol–water partition coefficient (Wildman–Crippen LogP) is 35.6. The van der Waals surface area contributed by atoms with E-state index in [0.29, 0.717) is 0 Å². The molecule has 4 heterocycles. The summed E-state index contributed by atoms with van der Waals surface area (Å²) in [6.45, 7) is 13.7. The predicted molar refractivity (Wildman–Crippen MR) is 553 cm³/mol. The number of hydrogen-bond acceptors (Lipinski definition) is 8. The maximum Gasteiger partial charge on any atom is 0.159 e. The first kappa shape index (κ1) is 76.8. The first-order valence-electron chi connectivity index (χ1n) is 45.8. The van der Waals surface area contributed by atoms with Gasteiger partial charge in [-0.2, -0.15) is 0 Å². The summed E-state index contributed by atoms with van der Waals surface area (Å²) in [4.78, 5) is 9.69. The van der Waals surface area contributed by atoms with Crippen LogP contribution in [0.2, 0.25) is 0 Å². The summed E-state index contributed by atoms with van der Waals surface area (Å²) < 4.78 is 29.5. The van der Waals surface area contributed by atoms with Crippen molar-refractivity contribution < 1.29 is 17.7 Å². The van der Waals surface area contributed by atoms with E-state index in [1.54, 1.807) is 0 Å². The van der Waals surface area contributed by atoms with Crippen molar-refractivity contribution in [3.8, 4) is 33.4 Å². The van der Waals surface area contributed by atoms with E-state index in [0.717, 1.165) is 217 Å². The fourth-order valence-electron chi connectivity index (χ4n) is 22.0. The fraction of sp³-hybridized carbons (Fsp3) is 0.0806. The van der Waals surface area contributed by atoms with Crippen molar-refractivity contribution >= 4 is 195 Å². The zero-order valence-corrected chi connectivity index (χ0v) is 73.8. The van der Waals surface area contributed by atoms with Crippen LogP contribution in [0.5, 0.6) is 0 Å². The van der Waals surface area contributed by atoms with Gasteiger partial charge in [0.1, 0.15) is 22.3 Å². The van der Waals surface area contributed by atoms with Crippen molar-refractivity contribution in [3.63, 3.8) is 0 Å². The first-order chi connectivity index (χ1) is 64.8. The standard InChI is InChI=1S/C124H88N4O4/c1-123(2,3)101-51-25-46-91-94-49-28-54-109(121(94)131-117(91)101)127(85-38-18-10-19-39-85)105-70-62-78-59-67-99-106(71-63-79-58-66-98(105)113(78)114(79)99)128(86-40-20-11-21-41-86)110-55-29-50-95-100-73-82(74-102(124(4,5)6)118(100)132-122(95)110)80-32-22-33-81(72-80)88-43-24-45-90-93-48-27-53-108(120(93)130-116(88)90)126(84-36-16-9-17-37-84)104-69-61-77-56-64-96-103(68-60-76-57-65-97(104)112(77)111(76)96)125(83-34-14-8-15-35-83)107-52-26-47-92-89-44-23-42-87(115(89)129-119(92)107)75-30-12-7-13-31-75/h7-74,99,114H,1-6H3. The highest BCUT2D eigenvalue weighted by Crippen LogP contribution is 2.59. The minimum Gasteiger partial charge on any atom is -0.454 e. The van der Waals surface area contributed by atoms with Gasteiger partial charge in [0, 0.05) is 122 Å². The lowest BCUT2D eigenvalue weighted by molar-refractivity contribution is 0.572. The minimum atomic E-state index is -0.318. The molecule has 0 bridgehead atoms. The van der Waals surface area contributed by atoms with Gasteiger partial charge in [0.05, 0.1) is 39.8 Å². The molecule has 8 heteroatoms. The van der Waals surface area contributed by atoms with Crippen LogP contribution in [0.4, 0.5) is 62.6 Å². The Morgan fingerprint density at radius 1 is 0.250 bits per heavy atom. The van der Waals surface area contributed by atoms with Crippen molar-refractivity contribution in [1.82, 2.24) is 0 Å². The summed E-state index contributed by atoms with van der Waals surface area (Å²) in [6, 6.07) is 137. The summed E-state index contributed by atoms with van der Waals surface area (Å²) in [5.41, 5.74) is 32.5. The molecule has 2 unspecified atom stereocenters. The van der Waals surface area contributed by atoms with Crippen molar-refractivity contribution in [2.45, 2.75) is 58.3 Å². The van der Waals surface area contributed by atoms with Crippen LogP contribution in [-0.2, 0) is 10.8 Å². The molecule has 132 heavy (non-hydrogen) atoms. The van der Waals surface area contributed by atoms with Crippen LogP contribution in [0.3, 0.4) is 0 Å². The lowest BCUT2D eigenvalue weighted by atomic mass is 9.67. The average molecular weight is 1700 g/mol. The van der Waals surface area contributed by atoms with Gasteiger partial charge in [-0.1, -0.05) is 339 Å². The topological polar surface area (TPSA) is 65.5 Å². The van der Waals surface area contributed by atoms with E-state index in [4.69, 9.17) is 17.7 Å². The van der Waals surface area contributed by atoms with Gasteiger partial charge in [0.25, 0.3) is 0 Å². The molecule has 4 aromatic heterocycles. The van der Waals surface area contributed by atoms with E-state index >= 15 is 0 Å². The molecular formula is C124H88N4O4. The number of benzene rings is 19. The van der Waals surface area contributed by atoms with E-state index in [9.17, 15) is 0 Å². The van der Waals surface area contributed by atoms with Crippen LogP contribution in [0, 0.1) is 5.92 Å². The van der Waals surface area contributed by atoms with E-state index < -0.39 is 0 Å². The third-order valence-electron chi connectivity index (χ3n) is 28.0. The zero-order chi connectivity index (χ0) is 87.9. The molecule has 3 aliphatic rings. The second kappa shape index (κ2) is 29.6. The lowest BCUT2D eigenvalue weighted by Gasteiger charge is -2.42. The quantitative estimate of drug-likeness (QED) is 0.0941. The number of nitrogens with zero attached hydrogens (tertiary/aromatic N) is 4. The zero-order valence-electron chi connectivity index (χ0n) is 73.8. The number of para-hydroxylation sites is 11. The van der Waals surface area contributed by atoms with Crippen LogP contribution in [0.25, 0.3) is 166 Å². The molecule has 0 saturated heterocycles. The number of allylic oxidation sites excluding steroid dienone is 5. The highest BCUT2D eigenvalue weighted by molar-refractivity contribution is 6.29. The molecule has 0 aliphatic heterocycles. The Morgan fingerprint density at radius 3 is 1.16 bits per heavy atom. The summed E-state index contributed by atoms with van der Waals surface area (Å²) in [5, 5.41) is 15.5. The molecule has 8 nitrogen and oxygen atoms in total. The minimum absolute atomic E-state index is 0.00883. The first-order valence-corrected chi connectivity index (χ1v) is 45.8. The molecule has 19 aromatic carbocycles. The van der Waals surface area contributed by atoms with Gasteiger partial charge in [-0.05, 0) is 187 Å². The summed E-state index contributed by atoms with van der Waals surface area (Å²) >= 11 is 0. The Balaban J connectivity index is 0.568. The highest BCUT2D eigenvalue weighted by atomic mass is 16.3. The average Bonchev–Trinajstić information content (AvgIpc) is 0.820. The Kier molecular flexibility index (Phi) is 17.2. The highest BCUT2D eigenvalue weighted by Gasteiger charge is 2.42. The Morgan fingerprint density at radius 2 is 0.644 bits per heavy atom. The van der Waals surface area contributed by atoms with Gasteiger partial charge in [-0.3, -0.25) is 0 Å². The Labute approximate surface area is 764 Å². The second-order valence-electron chi connectivity index (χ2n) is 37.6. The summed E-state index contributed by atoms with van der Waals surface area (Å²) in [5.74, 6) is -0.0406. The summed E-state index contributed by atoms with van der Waals surface area (Å²) in [6.07, 6.45) is 14.2. The van der Waals surface area contributed by atoms with Gasteiger partial charge >= 0.3 is 0 Å². The molecule has 0 N–H and O–H groups in total. The van der Waals surface area contributed by atoms with Gasteiger partial charge in [-0.15, -0.1) is 0 Å². The molecular weight excluding hydrogens is 1610 g/mol. The smallest absolute Gasteiger partial charge is 0.159 e. The monoisotopic (exact) mass is 1700 g/mol. The number of rotatable bonds is 15. The number of hydrogen-bond donors (Lipinski definition) is 0. The number of anilines is 11.